The number of carbonyl (C=O) groups excluding carboxylic acids is 1. The van der Waals surface area contributed by atoms with Gasteiger partial charge >= 0.3 is 12.6 Å². The number of nitriles is 1. The van der Waals surface area contributed by atoms with E-state index in [-0.39, 0.29) is 17.9 Å². The lowest BCUT2D eigenvalue weighted by Gasteiger charge is -2.06. The van der Waals surface area contributed by atoms with Crippen LogP contribution in [-0.2, 0) is 9.53 Å². The summed E-state index contributed by atoms with van der Waals surface area (Å²) in [5, 5.41) is 11.5. The molecule has 0 radical (unpaired) electrons. The summed E-state index contributed by atoms with van der Waals surface area (Å²) < 4.78 is 32.8. The topological polar surface area (TPSA) is 71.4 Å². The number of anilines is 1. The second-order valence-corrected chi connectivity index (χ2v) is 3.44. The number of ether oxygens (including phenoxy) is 2. The van der Waals surface area contributed by atoms with Gasteiger partial charge in [-0.05, 0) is 31.2 Å². The van der Waals surface area contributed by atoms with Crippen LogP contribution in [0.25, 0.3) is 0 Å². The first-order valence-electron chi connectivity index (χ1n) is 5.65. The molecule has 0 saturated carbocycles. The molecule has 106 valence electrons. The fourth-order valence-electron chi connectivity index (χ4n) is 1.23. The minimum Gasteiger partial charge on any atom is -0.462 e. The van der Waals surface area contributed by atoms with Gasteiger partial charge in [0, 0.05) is 11.9 Å². The van der Waals surface area contributed by atoms with Crippen LogP contribution < -0.4 is 10.1 Å². The number of rotatable bonds is 6. The lowest BCUT2D eigenvalue weighted by molar-refractivity contribution is -0.138. The quantitative estimate of drug-likeness (QED) is 0.493. The molecule has 0 aliphatic heterocycles. The predicted molar refractivity (Wildman–Crippen MR) is 67.0 cm³/mol. The van der Waals surface area contributed by atoms with Crippen LogP contribution in [0.1, 0.15) is 6.92 Å². The van der Waals surface area contributed by atoms with Crippen molar-refractivity contribution in [3.63, 3.8) is 0 Å². The van der Waals surface area contributed by atoms with Crippen LogP contribution in [0.15, 0.2) is 36.0 Å². The van der Waals surface area contributed by atoms with Crippen LogP contribution in [0.2, 0.25) is 0 Å². The second kappa shape index (κ2) is 7.74. The summed E-state index contributed by atoms with van der Waals surface area (Å²) >= 11 is 0. The highest BCUT2D eigenvalue weighted by Gasteiger charge is 2.09. The maximum atomic E-state index is 11.9. The smallest absolute Gasteiger partial charge is 0.387 e. The Balaban J connectivity index is 2.68. The van der Waals surface area contributed by atoms with E-state index in [4.69, 9.17) is 5.26 Å². The van der Waals surface area contributed by atoms with Crippen LogP contribution in [0.5, 0.6) is 5.75 Å². The van der Waals surface area contributed by atoms with Crippen molar-refractivity contribution in [3.05, 3.63) is 36.0 Å². The van der Waals surface area contributed by atoms with Gasteiger partial charge in [-0.3, -0.25) is 0 Å². The fraction of sp³-hybridized carbons (Fsp3) is 0.231. The van der Waals surface area contributed by atoms with E-state index in [1.807, 2.05) is 0 Å². The minimum atomic E-state index is -2.89. The van der Waals surface area contributed by atoms with Gasteiger partial charge < -0.3 is 14.8 Å². The van der Waals surface area contributed by atoms with Crippen molar-refractivity contribution in [2.45, 2.75) is 13.5 Å². The van der Waals surface area contributed by atoms with Gasteiger partial charge in [-0.15, -0.1) is 0 Å². The van der Waals surface area contributed by atoms with E-state index in [0.717, 1.165) is 0 Å². The van der Waals surface area contributed by atoms with Crippen molar-refractivity contribution in [2.75, 3.05) is 11.9 Å². The Hall–Kier alpha value is -2.62. The number of hydrogen-bond acceptors (Lipinski definition) is 5. The van der Waals surface area contributed by atoms with Gasteiger partial charge in [0.2, 0.25) is 0 Å². The average Bonchev–Trinajstić information content (AvgIpc) is 2.41. The third kappa shape index (κ3) is 4.94. The Morgan fingerprint density at radius 1 is 1.45 bits per heavy atom. The molecule has 0 aromatic heterocycles. The molecule has 0 saturated heterocycles. The number of alkyl halides is 2. The molecule has 1 rings (SSSR count). The zero-order valence-electron chi connectivity index (χ0n) is 10.6. The maximum absolute atomic E-state index is 11.9. The Labute approximate surface area is 114 Å². The van der Waals surface area contributed by atoms with Crippen LogP contribution in [0, 0.1) is 11.3 Å². The van der Waals surface area contributed by atoms with E-state index < -0.39 is 12.6 Å². The zero-order valence-corrected chi connectivity index (χ0v) is 10.6. The summed E-state index contributed by atoms with van der Waals surface area (Å²) in [6.07, 6.45) is 1.18. The highest BCUT2D eigenvalue weighted by molar-refractivity contribution is 5.93. The first-order valence-corrected chi connectivity index (χ1v) is 5.65. The number of esters is 1. The number of nitrogens with one attached hydrogen (secondary N) is 1. The lowest BCUT2D eigenvalue weighted by atomic mass is 10.3. The van der Waals surface area contributed by atoms with Gasteiger partial charge in [0.1, 0.15) is 11.8 Å². The molecule has 0 aliphatic rings. The summed E-state index contributed by atoms with van der Waals surface area (Å²) in [7, 11) is 0. The SMILES string of the molecule is CCOC(=O)/C(C#N)=C\Nc1ccc(OC(F)F)cc1. The molecule has 0 bridgehead atoms. The Kier molecular flexibility index (Phi) is 5.97. The summed E-state index contributed by atoms with van der Waals surface area (Å²) in [6, 6.07) is 7.29. The first kappa shape index (κ1) is 15.4. The number of hydrogen-bond donors (Lipinski definition) is 1. The highest BCUT2D eigenvalue weighted by atomic mass is 19.3. The number of carbonyl (C=O) groups is 1. The largest absolute Gasteiger partial charge is 0.462 e. The molecule has 1 aromatic carbocycles. The highest BCUT2D eigenvalue weighted by Crippen LogP contribution is 2.17. The summed E-state index contributed by atoms with van der Waals surface area (Å²) in [4.78, 5) is 11.3. The second-order valence-electron chi connectivity index (χ2n) is 3.44. The minimum absolute atomic E-state index is 0.0143. The van der Waals surface area contributed by atoms with Gasteiger partial charge in [0.05, 0.1) is 6.61 Å². The monoisotopic (exact) mass is 282 g/mol. The van der Waals surface area contributed by atoms with Gasteiger partial charge in [-0.1, -0.05) is 0 Å². The standard InChI is InChI=1S/C13H12F2N2O3/c1-2-19-12(18)9(7-16)8-17-10-3-5-11(6-4-10)20-13(14)15/h3-6,8,13,17H,2H2,1H3/b9-8-. The molecule has 0 aliphatic carbocycles. The van der Waals surface area contributed by atoms with Crippen molar-refractivity contribution in [1.82, 2.24) is 0 Å². The van der Waals surface area contributed by atoms with Crippen LogP contribution in [-0.4, -0.2) is 19.2 Å². The van der Waals surface area contributed by atoms with E-state index >= 15 is 0 Å². The lowest BCUT2D eigenvalue weighted by Crippen LogP contribution is -2.07. The van der Waals surface area contributed by atoms with Crippen molar-refractivity contribution >= 4 is 11.7 Å². The zero-order chi connectivity index (χ0) is 15.0. The number of benzene rings is 1. The molecule has 0 heterocycles. The molecule has 0 amide bonds. The van der Waals surface area contributed by atoms with Crippen molar-refractivity contribution in [1.29, 1.82) is 5.26 Å². The average molecular weight is 282 g/mol. The molecule has 1 aromatic rings. The Morgan fingerprint density at radius 2 is 2.10 bits per heavy atom. The Morgan fingerprint density at radius 3 is 2.60 bits per heavy atom. The summed E-state index contributed by atoms with van der Waals surface area (Å²) in [5.41, 5.74) is 0.309. The summed E-state index contributed by atoms with van der Waals surface area (Å²) in [5.74, 6) is -0.722. The van der Waals surface area contributed by atoms with Crippen LogP contribution >= 0.6 is 0 Å². The third-order valence-corrected chi connectivity index (χ3v) is 2.08. The van der Waals surface area contributed by atoms with E-state index in [1.165, 1.54) is 30.5 Å². The number of halogens is 2. The van der Waals surface area contributed by atoms with E-state index in [1.54, 1.807) is 13.0 Å². The van der Waals surface area contributed by atoms with Crippen molar-refractivity contribution < 1.29 is 23.0 Å². The van der Waals surface area contributed by atoms with Crippen molar-refractivity contribution in [3.8, 4) is 11.8 Å². The normalized spacial score (nSPS) is 10.8. The molecule has 7 heteroatoms. The molecule has 20 heavy (non-hydrogen) atoms. The van der Waals surface area contributed by atoms with E-state index in [0.29, 0.717) is 5.69 Å². The van der Waals surface area contributed by atoms with Crippen LogP contribution in [0.4, 0.5) is 14.5 Å². The molecule has 0 unspecified atom stereocenters. The van der Waals surface area contributed by atoms with Gasteiger partial charge in [0.25, 0.3) is 0 Å². The molecule has 5 nitrogen and oxygen atoms in total. The summed E-state index contributed by atoms with van der Waals surface area (Å²) in [6.45, 7) is -1.10. The third-order valence-electron chi connectivity index (χ3n) is 2.08. The molecule has 0 spiro atoms. The molecule has 0 atom stereocenters. The predicted octanol–water partition coefficient (Wildman–Crippen LogP) is 2.67. The van der Waals surface area contributed by atoms with Gasteiger partial charge in [0.15, 0.2) is 5.57 Å². The molecular formula is C13H12F2N2O3. The van der Waals surface area contributed by atoms with Gasteiger partial charge in [-0.2, -0.15) is 14.0 Å². The van der Waals surface area contributed by atoms with E-state index in [9.17, 15) is 13.6 Å². The maximum Gasteiger partial charge on any atom is 0.387 e. The van der Waals surface area contributed by atoms with Gasteiger partial charge in [-0.25, -0.2) is 4.79 Å². The Bertz CT molecular complexity index is 521. The molecule has 0 fully saturated rings. The van der Waals surface area contributed by atoms with Crippen LogP contribution in [0.3, 0.4) is 0 Å². The molecular weight excluding hydrogens is 270 g/mol. The fourth-order valence-corrected chi connectivity index (χ4v) is 1.23. The molecule has 1 N–H and O–H groups in total. The number of nitrogens with zero attached hydrogens (tertiary/aromatic N) is 1. The van der Waals surface area contributed by atoms with Crippen molar-refractivity contribution in [2.24, 2.45) is 0 Å². The van der Waals surface area contributed by atoms with E-state index in [2.05, 4.69) is 14.8 Å². The first-order chi connectivity index (χ1) is 9.56.